The molecule has 0 fully saturated rings. The third-order valence-electron chi connectivity index (χ3n) is 1.59. The number of hydrogen-bond donors (Lipinski definition) is 0. The highest BCUT2D eigenvalue weighted by Gasteiger charge is 2.05. The Bertz CT molecular complexity index is 427. The number of nitrogens with zero attached hydrogens (tertiary/aromatic N) is 3. The molecule has 0 radical (unpaired) electrons. The Hall–Kier alpha value is -1.71. The molecule has 0 saturated heterocycles. The van der Waals surface area contributed by atoms with Crippen LogP contribution in [0.15, 0.2) is 29.3 Å². The number of pyridine rings is 1. The van der Waals surface area contributed by atoms with Gasteiger partial charge in [0, 0.05) is 12.4 Å². The standard InChI is InChI=1S/C8H7N3O/c1-6-2-3-9-4-7(6)8-10-5-11-12-8/h2-5H,1H3/i5D. The monoisotopic (exact) mass is 162 g/mol. The van der Waals surface area contributed by atoms with E-state index in [1.807, 2.05) is 13.0 Å². The second-order valence-electron chi connectivity index (χ2n) is 2.39. The van der Waals surface area contributed by atoms with Gasteiger partial charge in [0.15, 0.2) is 6.30 Å². The van der Waals surface area contributed by atoms with Crippen LogP contribution in [0.5, 0.6) is 0 Å². The van der Waals surface area contributed by atoms with Crippen LogP contribution in [0, 0.1) is 6.92 Å². The molecule has 0 saturated carbocycles. The summed E-state index contributed by atoms with van der Waals surface area (Å²) < 4.78 is 11.9. The minimum Gasteiger partial charge on any atom is -0.334 e. The summed E-state index contributed by atoms with van der Waals surface area (Å²) in [7, 11) is 0. The number of hydrogen-bond acceptors (Lipinski definition) is 4. The first kappa shape index (κ1) is 5.88. The average molecular weight is 162 g/mol. The maximum absolute atomic E-state index is 7.10. The van der Waals surface area contributed by atoms with Crippen LogP contribution < -0.4 is 0 Å². The SMILES string of the molecule is [2H]c1noc(-c2cnccc2C)n1. The van der Waals surface area contributed by atoms with Crippen molar-refractivity contribution in [2.45, 2.75) is 6.92 Å². The van der Waals surface area contributed by atoms with Crippen molar-refractivity contribution in [2.75, 3.05) is 0 Å². The second kappa shape index (κ2) is 2.73. The van der Waals surface area contributed by atoms with Crippen molar-refractivity contribution in [1.82, 2.24) is 15.1 Å². The smallest absolute Gasteiger partial charge is 0.259 e. The fraction of sp³-hybridized carbons (Fsp3) is 0.125. The van der Waals surface area contributed by atoms with Crippen molar-refractivity contribution in [3.8, 4) is 11.5 Å². The Labute approximate surface area is 70.7 Å². The van der Waals surface area contributed by atoms with E-state index in [-0.39, 0.29) is 6.30 Å². The van der Waals surface area contributed by atoms with Crippen molar-refractivity contribution in [1.29, 1.82) is 0 Å². The van der Waals surface area contributed by atoms with Crippen molar-refractivity contribution < 1.29 is 5.89 Å². The van der Waals surface area contributed by atoms with E-state index < -0.39 is 0 Å². The van der Waals surface area contributed by atoms with Gasteiger partial charge in [0.1, 0.15) is 1.37 Å². The molecular formula is C8H7N3O. The molecule has 0 N–H and O–H groups in total. The Morgan fingerprint density at radius 1 is 1.58 bits per heavy atom. The first-order chi connectivity index (χ1) is 6.27. The van der Waals surface area contributed by atoms with Gasteiger partial charge >= 0.3 is 0 Å². The summed E-state index contributed by atoms with van der Waals surface area (Å²) in [5.74, 6) is 0.343. The zero-order chi connectivity index (χ0) is 9.26. The van der Waals surface area contributed by atoms with Gasteiger partial charge in [-0.15, -0.1) is 0 Å². The fourth-order valence-electron chi connectivity index (χ4n) is 0.947. The molecule has 0 aliphatic carbocycles. The molecule has 12 heavy (non-hydrogen) atoms. The summed E-state index contributed by atoms with van der Waals surface area (Å²) in [6, 6.07) is 1.85. The molecule has 60 valence electrons. The highest BCUT2D eigenvalue weighted by Crippen LogP contribution is 2.18. The van der Waals surface area contributed by atoms with Gasteiger partial charge in [0.05, 0.1) is 5.56 Å². The van der Waals surface area contributed by atoms with E-state index in [4.69, 9.17) is 5.89 Å². The van der Waals surface area contributed by atoms with E-state index in [2.05, 4.69) is 15.1 Å². The molecule has 0 atom stereocenters. The molecule has 2 aromatic heterocycles. The average Bonchev–Trinajstić information content (AvgIpc) is 2.53. The van der Waals surface area contributed by atoms with E-state index >= 15 is 0 Å². The van der Waals surface area contributed by atoms with Gasteiger partial charge in [-0.1, -0.05) is 5.16 Å². The Balaban J connectivity index is 2.52. The lowest BCUT2D eigenvalue weighted by atomic mass is 10.2. The van der Waals surface area contributed by atoms with Crippen molar-refractivity contribution in [2.24, 2.45) is 0 Å². The number of rotatable bonds is 1. The molecule has 2 aromatic rings. The molecule has 0 aromatic carbocycles. The molecule has 0 spiro atoms. The summed E-state index contributed by atoms with van der Waals surface area (Å²) in [6.45, 7) is 1.92. The van der Waals surface area contributed by atoms with Crippen molar-refractivity contribution in [3.05, 3.63) is 30.3 Å². The van der Waals surface area contributed by atoms with E-state index in [0.717, 1.165) is 11.1 Å². The lowest BCUT2D eigenvalue weighted by molar-refractivity contribution is 0.429. The van der Waals surface area contributed by atoms with E-state index in [9.17, 15) is 0 Å². The first-order valence-corrected chi connectivity index (χ1v) is 3.48. The third kappa shape index (κ3) is 1.07. The Kier molecular flexibility index (Phi) is 1.34. The molecule has 4 nitrogen and oxygen atoms in total. The van der Waals surface area contributed by atoms with Crippen molar-refractivity contribution in [3.63, 3.8) is 0 Å². The molecule has 2 heterocycles. The predicted molar refractivity (Wildman–Crippen MR) is 42.3 cm³/mol. The van der Waals surface area contributed by atoms with Crippen LogP contribution in [-0.2, 0) is 0 Å². The minimum absolute atomic E-state index is 0.113. The van der Waals surface area contributed by atoms with E-state index in [1.165, 1.54) is 0 Å². The molecule has 0 unspecified atom stereocenters. The summed E-state index contributed by atoms with van der Waals surface area (Å²) in [4.78, 5) is 7.73. The second-order valence-corrected chi connectivity index (χ2v) is 2.39. The van der Waals surface area contributed by atoms with Crippen LogP contribution in [0.25, 0.3) is 11.5 Å². The van der Waals surface area contributed by atoms with Crippen LogP contribution in [0.1, 0.15) is 6.93 Å². The Morgan fingerprint density at radius 3 is 3.17 bits per heavy atom. The molecule has 2 rings (SSSR count). The molecule has 0 bridgehead atoms. The fourth-order valence-corrected chi connectivity index (χ4v) is 0.947. The zero-order valence-corrected chi connectivity index (χ0v) is 6.48. The molecule has 0 amide bonds. The van der Waals surface area contributed by atoms with Crippen LogP contribution in [-0.4, -0.2) is 15.1 Å². The first-order valence-electron chi connectivity index (χ1n) is 3.98. The Morgan fingerprint density at radius 2 is 2.50 bits per heavy atom. The molecule has 0 aliphatic heterocycles. The molecule has 0 aliphatic rings. The highest BCUT2D eigenvalue weighted by molar-refractivity contribution is 5.55. The van der Waals surface area contributed by atoms with Crippen molar-refractivity contribution >= 4 is 0 Å². The van der Waals surface area contributed by atoms with Gasteiger partial charge < -0.3 is 4.52 Å². The van der Waals surface area contributed by atoms with Gasteiger partial charge in [-0.05, 0) is 18.6 Å². The topological polar surface area (TPSA) is 51.8 Å². The summed E-state index contributed by atoms with van der Waals surface area (Å²) in [5.41, 5.74) is 1.77. The van der Waals surface area contributed by atoms with Gasteiger partial charge in [0.2, 0.25) is 0 Å². The number of aryl methyl sites for hydroxylation is 1. The maximum Gasteiger partial charge on any atom is 0.259 e. The van der Waals surface area contributed by atoms with E-state index in [1.54, 1.807) is 12.4 Å². The maximum atomic E-state index is 7.10. The lowest BCUT2D eigenvalue weighted by Crippen LogP contribution is -1.83. The lowest BCUT2D eigenvalue weighted by Gasteiger charge is -1.96. The molecule has 4 heteroatoms. The van der Waals surface area contributed by atoms with Gasteiger partial charge in [-0.2, -0.15) is 4.98 Å². The quantitative estimate of drug-likeness (QED) is 0.636. The third-order valence-corrected chi connectivity index (χ3v) is 1.59. The van der Waals surface area contributed by atoms with Gasteiger partial charge in [-0.25, -0.2) is 0 Å². The predicted octanol–water partition coefficient (Wildman–Crippen LogP) is 1.44. The highest BCUT2D eigenvalue weighted by atomic mass is 16.5. The molecular weight excluding hydrogens is 154 g/mol. The largest absolute Gasteiger partial charge is 0.334 e. The van der Waals surface area contributed by atoms with Crippen LogP contribution in [0.2, 0.25) is 0 Å². The van der Waals surface area contributed by atoms with Crippen LogP contribution in [0.4, 0.5) is 0 Å². The summed E-state index contributed by atoms with van der Waals surface area (Å²) in [6.07, 6.45) is 3.22. The minimum atomic E-state index is -0.113. The van der Waals surface area contributed by atoms with Crippen LogP contribution >= 0.6 is 0 Å². The normalized spacial score (nSPS) is 11.2. The zero-order valence-electron chi connectivity index (χ0n) is 7.48. The van der Waals surface area contributed by atoms with Gasteiger partial charge in [-0.3, -0.25) is 4.98 Å². The summed E-state index contributed by atoms with van der Waals surface area (Å²) >= 11 is 0. The van der Waals surface area contributed by atoms with Crippen LogP contribution in [0.3, 0.4) is 0 Å². The number of aromatic nitrogens is 3. The summed E-state index contributed by atoms with van der Waals surface area (Å²) in [5, 5.41) is 3.39. The van der Waals surface area contributed by atoms with E-state index in [0.29, 0.717) is 5.89 Å². The van der Waals surface area contributed by atoms with Gasteiger partial charge in [0.25, 0.3) is 5.89 Å².